The summed E-state index contributed by atoms with van der Waals surface area (Å²) >= 11 is -2.03. The molecule has 32 heteroatoms. The molecule has 0 aromatic rings. The van der Waals surface area contributed by atoms with Gasteiger partial charge in [0.15, 0.2) is 0 Å². The van der Waals surface area contributed by atoms with Crippen molar-refractivity contribution in [2.45, 2.75) is 0 Å². The van der Waals surface area contributed by atoms with Gasteiger partial charge in [0.2, 0.25) is 0 Å². The van der Waals surface area contributed by atoms with Crippen molar-refractivity contribution in [1.82, 2.24) is 0 Å². The molecule has 44 heavy (non-hydrogen) atoms. The predicted molar refractivity (Wildman–Crippen MR) is 118 cm³/mol. The molecule has 0 aromatic heterocycles. The van der Waals surface area contributed by atoms with E-state index in [2.05, 4.69) is 0 Å². The van der Waals surface area contributed by atoms with Crippen LogP contribution in [0.15, 0.2) is 0 Å². The Balaban J connectivity index is -0.00000000583. The minimum atomic E-state index is -0.931. The Morgan fingerprint density at radius 2 is 0.273 bits per heavy atom. The zero-order valence-electron chi connectivity index (χ0n) is 20.7. The first-order valence-electron chi connectivity index (χ1n) is 4.79. The molecule has 0 saturated heterocycles. The van der Waals surface area contributed by atoms with Crippen molar-refractivity contribution in [3.8, 4) is 0 Å². The minimum absolute atomic E-state index is 0. The Morgan fingerprint density at radius 3 is 0.273 bits per heavy atom. The third kappa shape index (κ3) is 13000. The van der Waals surface area contributed by atoms with Gasteiger partial charge in [0.25, 0.3) is 0 Å². The Kier molecular flexibility index (Phi) is 5780. The Morgan fingerprint density at radius 1 is 0.273 bits per heavy atom. The van der Waals surface area contributed by atoms with E-state index in [0.29, 0.717) is 25.8 Å². The zero-order chi connectivity index (χ0) is 37.5. The third-order valence-corrected chi connectivity index (χ3v) is 0. The summed E-state index contributed by atoms with van der Waals surface area (Å²) in [5, 5.41) is 75.0. The summed E-state index contributed by atoms with van der Waals surface area (Å²) < 4.78 is 0. The third-order valence-electron chi connectivity index (χ3n) is 0. The maximum Gasteiger partial charge on any atom is 0 e. The van der Waals surface area contributed by atoms with Crippen molar-refractivity contribution >= 4 is 98.7 Å². The second-order valence-electron chi connectivity index (χ2n) is 0.398. The second kappa shape index (κ2) is 1590. The quantitative estimate of drug-likeness (QED) is 0.165. The van der Waals surface area contributed by atoms with E-state index in [0.717, 1.165) is 0 Å². The van der Waals surface area contributed by atoms with Crippen LogP contribution in [0.2, 0.25) is 0 Å². The smallest absolute Gasteiger partial charge is 0 e. The van der Waals surface area contributed by atoms with Crippen molar-refractivity contribution in [1.29, 1.82) is 63.1 Å². The van der Waals surface area contributed by atoms with Crippen LogP contribution < -0.4 is 0 Å². The van der Waals surface area contributed by atoms with Crippen molar-refractivity contribution in [2.24, 2.45) is 0 Å². The molecule has 0 fully saturated rings. The second-order valence-corrected chi connectivity index (χ2v) is 17.7. The van der Waals surface area contributed by atoms with Crippen molar-refractivity contribution < 1.29 is 163 Å². The van der Waals surface area contributed by atoms with Crippen LogP contribution in [0.4, 0.5) is 0 Å². The first-order valence-corrected chi connectivity index (χ1v) is 33.9. The molecule has 0 aliphatic heterocycles. The predicted octanol–water partition coefficient (Wildman–Crippen LogP) is 8.03. The molecule has 0 heterocycles. The molecular formula is C12Cl10Co4N12Zn6-12. The molecule has 0 rings (SSSR count). The van der Waals surface area contributed by atoms with E-state index in [9.17, 15) is 0 Å². The standard InChI is InChI=1S/12CN.10ClH.4Co.6Zn/c12*1-2;;;;;;;;;;;;;;;;;;;;/h;;;;;;;;;;;;10*1H;;;;;;;;;;/q12*-1;;;;;;;;;;;;;2*+2;;;;3*+2/p-10. The SMILES string of the molecule is [C-]#N.[C-]#N.[C-]#N.[C-]#N.[C-]#N.[C-]#N.[C-]#N.[C-]#N.[C-]#N.[C-]#N.[C-]#N.[C-]#N.[Cl][Co][Cl].[Cl][Co][Cl].[Cl][Zn][Cl].[Cl][Zn][Cl].[Cl][Zn][Cl].[Co].[Co].[Zn].[Zn].[Zn]. The molecule has 2 radical (unpaired) electrons. The van der Waals surface area contributed by atoms with Crippen molar-refractivity contribution in [3.63, 3.8) is 0 Å². The van der Waals surface area contributed by atoms with Crippen LogP contribution >= 0.6 is 98.7 Å². The number of halogens is 10. The Labute approximate surface area is 397 Å². The van der Waals surface area contributed by atoms with Crippen molar-refractivity contribution in [2.75, 3.05) is 0 Å². The van der Waals surface area contributed by atoms with Crippen LogP contribution in [0.3, 0.4) is 0 Å². The van der Waals surface area contributed by atoms with Crippen molar-refractivity contribution in [3.05, 3.63) is 78.9 Å². The van der Waals surface area contributed by atoms with E-state index in [1.165, 1.54) is 0 Å². The van der Waals surface area contributed by atoms with Gasteiger partial charge in [-0.2, -0.15) is 0 Å². The maximum atomic E-state index is 6.25. The fourth-order valence-corrected chi connectivity index (χ4v) is 0. The summed E-state index contributed by atoms with van der Waals surface area (Å²) in [6.07, 6.45) is 0. The molecule has 238 valence electrons. The molecule has 0 aliphatic rings. The zero-order valence-corrected chi connectivity index (χ0v) is 50.2. The molecule has 0 N–H and O–H groups in total. The van der Waals surface area contributed by atoms with Gasteiger partial charge in [-0.25, -0.2) is 0 Å². The fourth-order valence-electron chi connectivity index (χ4n) is 0. The first-order chi connectivity index (χ1) is 19.1. The van der Waals surface area contributed by atoms with E-state index < -0.39 is 45.4 Å². The monoisotopic (exact) mass is 1280 g/mol. The number of hydrogen-bond acceptors (Lipinski definition) is 12. The topological polar surface area (TPSA) is 285 Å². The summed E-state index contributed by atoms with van der Waals surface area (Å²) in [7, 11) is 48.6. The summed E-state index contributed by atoms with van der Waals surface area (Å²) in [5.74, 6) is 0. The van der Waals surface area contributed by atoms with Gasteiger partial charge >= 0.3 is 170 Å². The number of hydrogen-bond donors (Lipinski definition) is 0. The van der Waals surface area contributed by atoms with Gasteiger partial charge in [0, 0.05) is 92.0 Å². The van der Waals surface area contributed by atoms with Gasteiger partial charge in [0.1, 0.15) is 0 Å². The van der Waals surface area contributed by atoms with Crippen LogP contribution in [0.1, 0.15) is 0 Å². The molecule has 0 aliphatic carbocycles. The number of rotatable bonds is 0. The van der Waals surface area contributed by atoms with E-state index in [-0.39, 0.29) is 92.0 Å². The number of nitrogens with zero attached hydrogens (tertiary/aromatic N) is 12. The molecule has 12 nitrogen and oxygen atoms in total. The van der Waals surface area contributed by atoms with Crippen LogP contribution in [-0.4, -0.2) is 0 Å². The van der Waals surface area contributed by atoms with Crippen LogP contribution in [-0.2, 0) is 163 Å². The minimum Gasteiger partial charge on any atom is 0 e. The van der Waals surface area contributed by atoms with Crippen LogP contribution in [0.5, 0.6) is 0 Å². The summed E-state index contributed by atoms with van der Waals surface area (Å²) in [6.45, 7) is 57.0. The Hall–Kier alpha value is 2.55. The Bertz CT molecular complexity index is 339. The average molecular weight is 1290 g/mol. The van der Waals surface area contributed by atoms with Gasteiger partial charge in [0.05, 0.1) is 0 Å². The van der Waals surface area contributed by atoms with Crippen LogP contribution in [0.25, 0.3) is 0 Å². The van der Waals surface area contributed by atoms with Gasteiger partial charge < -0.3 is 142 Å². The van der Waals surface area contributed by atoms with Gasteiger partial charge in [-0.1, -0.05) is 0 Å². The largest absolute Gasteiger partial charge is 0 e. The van der Waals surface area contributed by atoms with E-state index in [1.54, 1.807) is 0 Å². The molecule has 0 bridgehead atoms. The molecule has 0 amide bonds. The molecule has 0 unspecified atom stereocenters. The first kappa shape index (κ1) is 160. The van der Waals surface area contributed by atoms with E-state index in [4.69, 9.17) is 241 Å². The van der Waals surface area contributed by atoms with Gasteiger partial charge in [-0.05, 0) is 0 Å². The summed E-state index contributed by atoms with van der Waals surface area (Å²) in [4.78, 5) is 0. The molecule has 0 aromatic carbocycles. The normalized spacial score (nSPS) is 2.23. The molecule has 0 spiro atoms. The molecule has 0 saturated carbocycles. The molecular weight excluding hydrogens is 1290 g/mol. The summed E-state index contributed by atoms with van der Waals surface area (Å²) in [5.41, 5.74) is 0. The average Bonchev–Trinajstić information content (AvgIpc) is 3.07. The van der Waals surface area contributed by atoms with Gasteiger partial charge in [-0.3, -0.25) is 0 Å². The van der Waals surface area contributed by atoms with Gasteiger partial charge in [-0.15, -0.1) is 0 Å². The maximum absolute atomic E-state index is 6.25. The van der Waals surface area contributed by atoms with Crippen LogP contribution in [0, 0.1) is 142 Å². The van der Waals surface area contributed by atoms with E-state index in [1.807, 2.05) is 0 Å². The fraction of sp³-hybridized carbons (Fsp3) is 0. The van der Waals surface area contributed by atoms with E-state index >= 15 is 0 Å². The molecule has 0 atom stereocenters. The summed E-state index contributed by atoms with van der Waals surface area (Å²) in [6, 6.07) is 0.